The molecular formula is C24H22FN5O2S. The Hall–Kier alpha value is -3.27. The first-order chi connectivity index (χ1) is 16.1. The quantitative estimate of drug-likeness (QED) is 0.444. The Morgan fingerprint density at radius 1 is 1.18 bits per heavy atom. The van der Waals surface area contributed by atoms with Crippen molar-refractivity contribution >= 4 is 33.7 Å². The first-order valence-electron chi connectivity index (χ1n) is 10.6. The Kier molecular flexibility index (Phi) is 6.08. The normalized spacial score (nSPS) is 18.4. The van der Waals surface area contributed by atoms with E-state index in [2.05, 4.69) is 20.5 Å². The highest BCUT2D eigenvalue weighted by Gasteiger charge is 2.37. The van der Waals surface area contributed by atoms with E-state index in [0.717, 1.165) is 22.2 Å². The molecule has 2 unspecified atom stereocenters. The number of nitrogens with one attached hydrogen (secondary N) is 2. The van der Waals surface area contributed by atoms with Crippen LogP contribution in [0.4, 0.5) is 10.1 Å². The van der Waals surface area contributed by atoms with Gasteiger partial charge in [-0.3, -0.25) is 14.9 Å². The maximum Gasteiger partial charge on any atom is 0.281 e. The molecule has 1 saturated heterocycles. The van der Waals surface area contributed by atoms with Crippen molar-refractivity contribution in [1.29, 1.82) is 0 Å². The minimum absolute atomic E-state index is 0.0349. The van der Waals surface area contributed by atoms with Crippen LogP contribution in [0.2, 0.25) is 0 Å². The van der Waals surface area contributed by atoms with Crippen LogP contribution in [0.15, 0.2) is 67.0 Å². The fourth-order valence-corrected chi connectivity index (χ4v) is 5.29. The molecule has 1 fully saturated rings. The molecule has 4 aromatic rings. The largest absolute Gasteiger partial charge is 0.616 e. The van der Waals surface area contributed by atoms with Gasteiger partial charge in [-0.1, -0.05) is 18.2 Å². The molecular weight excluding hydrogens is 441 g/mol. The first kappa shape index (κ1) is 21.6. The molecule has 3 heterocycles. The summed E-state index contributed by atoms with van der Waals surface area (Å²) in [5.41, 5.74) is 3.41. The van der Waals surface area contributed by atoms with Crippen LogP contribution < -0.4 is 10.2 Å². The van der Waals surface area contributed by atoms with E-state index in [1.807, 2.05) is 24.3 Å². The fourth-order valence-electron chi connectivity index (χ4n) is 4.01. The Morgan fingerprint density at radius 2 is 2.00 bits per heavy atom. The van der Waals surface area contributed by atoms with Gasteiger partial charge in [-0.2, -0.15) is 5.10 Å². The zero-order valence-electron chi connectivity index (χ0n) is 17.7. The monoisotopic (exact) mass is 463 g/mol. The van der Waals surface area contributed by atoms with Crippen molar-refractivity contribution in [1.82, 2.24) is 20.5 Å². The van der Waals surface area contributed by atoms with Crippen LogP contribution in [-0.4, -0.2) is 49.7 Å². The maximum absolute atomic E-state index is 14.5. The molecule has 9 heteroatoms. The van der Waals surface area contributed by atoms with E-state index in [4.69, 9.17) is 0 Å². The minimum Gasteiger partial charge on any atom is -0.616 e. The summed E-state index contributed by atoms with van der Waals surface area (Å²) in [6, 6.07) is 15.6. The first-order valence-corrected chi connectivity index (χ1v) is 12.0. The van der Waals surface area contributed by atoms with Gasteiger partial charge in [-0.25, -0.2) is 4.39 Å². The molecule has 1 aliphatic rings. The molecule has 0 saturated carbocycles. The summed E-state index contributed by atoms with van der Waals surface area (Å²) < 4.78 is 27.1. The lowest BCUT2D eigenvalue weighted by Gasteiger charge is -2.31. The molecule has 5 rings (SSSR count). The van der Waals surface area contributed by atoms with Gasteiger partial charge in [-0.05, 0) is 47.6 Å². The number of benzene rings is 2. The standard InChI is InChI=1S/C24H22FN5O2S/c25-20-4-2-1-3-17(20)15-30(24(31)22-14-27-11-12-33(22)32)18-5-6-21-19(13-18)23(29-28-21)16-7-9-26-10-8-16/h1-10,13,22,27H,11-12,14-15H2,(H,28,29). The number of amides is 1. The predicted octanol–water partition coefficient (Wildman–Crippen LogP) is 3.02. The van der Waals surface area contributed by atoms with Crippen molar-refractivity contribution in [3.8, 4) is 11.3 Å². The van der Waals surface area contributed by atoms with E-state index in [9.17, 15) is 13.7 Å². The highest BCUT2D eigenvalue weighted by Crippen LogP contribution is 2.31. The van der Waals surface area contributed by atoms with Crippen LogP contribution in [0.5, 0.6) is 0 Å². The number of hydrogen-bond acceptors (Lipinski definition) is 5. The van der Waals surface area contributed by atoms with Crippen molar-refractivity contribution in [3.63, 3.8) is 0 Å². The summed E-state index contributed by atoms with van der Waals surface area (Å²) in [6.07, 6.45) is 3.39. The second-order valence-electron chi connectivity index (χ2n) is 7.83. The SMILES string of the molecule is O=C(C1CNCC[S+]1[O-])N(Cc1ccccc1F)c1ccc2[nH]nc(-c3ccncc3)c2c1. The zero-order valence-corrected chi connectivity index (χ0v) is 18.5. The molecule has 0 bridgehead atoms. The lowest BCUT2D eigenvalue weighted by Crippen LogP contribution is -2.53. The summed E-state index contributed by atoms with van der Waals surface area (Å²) in [4.78, 5) is 19.2. The van der Waals surface area contributed by atoms with E-state index in [1.54, 1.807) is 36.7 Å². The molecule has 0 radical (unpaired) electrons. The van der Waals surface area contributed by atoms with E-state index < -0.39 is 16.4 Å². The van der Waals surface area contributed by atoms with Crippen molar-refractivity contribution in [3.05, 3.63) is 78.4 Å². The van der Waals surface area contributed by atoms with E-state index in [1.165, 1.54) is 11.0 Å². The second-order valence-corrected chi connectivity index (χ2v) is 9.57. The second kappa shape index (κ2) is 9.30. The van der Waals surface area contributed by atoms with Crippen LogP contribution in [0.3, 0.4) is 0 Å². The highest BCUT2D eigenvalue weighted by atomic mass is 32.2. The van der Waals surface area contributed by atoms with Gasteiger partial charge in [-0.15, -0.1) is 0 Å². The van der Waals surface area contributed by atoms with E-state index in [-0.39, 0.29) is 18.3 Å². The number of fused-ring (bicyclic) bond motifs is 1. The van der Waals surface area contributed by atoms with Gasteiger partial charge in [0.15, 0.2) is 0 Å². The summed E-state index contributed by atoms with van der Waals surface area (Å²) in [6.45, 7) is 0.975. The summed E-state index contributed by atoms with van der Waals surface area (Å²) in [5, 5.41) is 10.7. The van der Waals surface area contributed by atoms with Gasteiger partial charge in [0.25, 0.3) is 5.91 Å². The van der Waals surface area contributed by atoms with Gasteiger partial charge in [0.2, 0.25) is 5.25 Å². The number of aromatic amines is 1. The minimum atomic E-state index is -1.29. The Balaban J connectivity index is 1.58. The number of hydrogen-bond donors (Lipinski definition) is 2. The smallest absolute Gasteiger partial charge is 0.281 e. The third kappa shape index (κ3) is 4.35. The molecule has 2 aromatic carbocycles. The van der Waals surface area contributed by atoms with Gasteiger partial charge < -0.3 is 14.8 Å². The molecule has 1 amide bonds. The van der Waals surface area contributed by atoms with Crippen LogP contribution >= 0.6 is 0 Å². The number of carbonyl (C=O) groups excluding carboxylic acids is 1. The number of rotatable bonds is 5. The van der Waals surface area contributed by atoms with Gasteiger partial charge >= 0.3 is 0 Å². The predicted molar refractivity (Wildman–Crippen MR) is 127 cm³/mol. The molecule has 2 atom stereocenters. The Morgan fingerprint density at radius 3 is 2.79 bits per heavy atom. The van der Waals surface area contributed by atoms with Crippen LogP contribution in [0.1, 0.15) is 5.56 Å². The van der Waals surface area contributed by atoms with Gasteiger partial charge in [0.1, 0.15) is 17.3 Å². The molecule has 0 aliphatic carbocycles. The highest BCUT2D eigenvalue weighted by molar-refractivity contribution is 7.92. The lowest BCUT2D eigenvalue weighted by molar-refractivity contribution is -0.118. The van der Waals surface area contributed by atoms with Crippen LogP contribution in [-0.2, 0) is 22.5 Å². The number of nitrogens with zero attached hydrogens (tertiary/aromatic N) is 3. The third-order valence-corrected chi connectivity index (χ3v) is 7.38. The Labute approximate surface area is 193 Å². The number of anilines is 1. The van der Waals surface area contributed by atoms with E-state index in [0.29, 0.717) is 30.1 Å². The topological polar surface area (TPSA) is 97.0 Å². The maximum atomic E-state index is 14.5. The molecule has 168 valence electrons. The zero-order chi connectivity index (χ0) is 22.8. The summed E-state index contributed by atoms with van der Waals surface area (Å²) >= 11 is -1.29. The van der Waals surface area contributed by atoms with Gasteiger partial charge in [0.05, 0.1) is 18.6 Å². The van der Waals surface area contributed by atoms with Gasteiger partial charge in [0, 0.05) is 41.1 Å². The molecule has 1 aliphatic heterocycles. The molecule has 0 spiro atoms. The fraction of sp³-hybridized carbons (Fsp3) is 0.208. The van der Waals surface area contributed by atoms with Crippen LogP contribution in [0, 0.1) is 5.82 Å². The van der Waals surface area contributed by atoms with Crippen LogP contribution in [0.25, 0.3) is 22.2 Å². The van der Waals surface area contributed by atoms with Crippen molar-refractivity contribution in [2.45, 2.75) is 11.8 Å². The number of aromatic nitrogens is 3. The number of halogens is 1. The molecule has 2 N–H and O–H groups in total. The third-order valence-electron chi connectivity index (χ3n) is 5.77. The molecule has 7 nitrogen and oxygen atoms in total. The average Bonchev–Trinajstić information content (AvgIpc) is 3.27. The van der Waals surface area contributed by atoms with E-state index >= 15 is 0 Å². The van der Waals surface area contributed by atoms with Crippen molar-refractivity contribution in [2.75, 3.05) is 23.7 Å². The Bertz CT molecular complexity index is 1280. The lowest BCUT2D eigenvalue weighted by atomic mass is 10.1. The average molecular weight is 464 g/mol. The summed E-state index contributed by atoms with van der Waals surface area (Å²) in [7, 11) is 0. The molecule has 2 aromatic heterocycles. The molecule has 33 heavy (non-hydrogen) atoms. The van der Waals surface area contributed by atoms with Crippen molar-refractivity contribution < 1.29 is 13.7 Å². The number of H-pyrrole nitrogens is 1. The van der Waals surface area contributed by atoms with Crippen molar-refractivity contribution in [2.24, 2.45) is 0 Å². The summed E-state index contributed by atoms with van der Waals surface area (Å²) in [5.74, 6) is -0.270. The number of carbonyl (C=O) groups is 1. The number of pyridine rings is 1.